The monoisotopic (exact) mass is 331 g/mol. The van der Waals surface area contributed by atoms with Gasteiger partial charge in [0.2, 0.25) is 5.91 Å². The second-order valence-corrected chi connectivity index (χ2v) is 6.39. The lowest BCUT2D eigenvalue weighted by Gasteiger charge is -2.13. The molecule has 0 bridgehead atoms. The molecule has 7 heteroatoms. The minimum Gasteiger partial charge on any atom is -0.480 e. The van der Waals surface area contributed by atoms with Crippen molar-refractivity contribution >= 4 is 35.4 Å². The first kappa shape index (κ1) is 17.8. The molecule has 1 atom stereocenters. The Balaban J connectivity index is 2.36. The van der Waals surface area contributed by atoms with E-state index in [2.05, 4.69) is 5.32 Å². The maximum Gasteiger partial charge on any atom is 0.326 e. The lowest BCUT2D eigenvalue weighted by molar-refractivity contribution is -0.141. The number of hydrogen-bond donors (Lipinski definition) is 2. The lowest BCUT2D eigenvalue weighted by Crippen LogP contribution is -2.41. The summed E-state index contributed by atoms with van der Waals surface area (Å²) in [5, 5.41) is 11.5. The van der Waals surface area contributed by atoms with Crippen molar-refractivity contribution in [1.82, 2.24) is 5.32 Å². The van der Waals surface area contributed by atoms with E-state index < -0.39 is 12.0 Å². The average molecular weight is 331 g/mol. The van der Waals surface area contributed by atoms with E-state index in [9.17, 15) is 14.0 Å². The molecular weight excluding hydrogens is 313 g/mol. The lowest BCUT2D eigenvalue weighted by atomic mass is 10.2. The molecule has 0 saturated carbocycles. The molecule has 0 fully saturated rings. The molecule has 0 aliphatic heterocycles. The molecule has 0 aliphatic rings. The predicted octanol–water partition coefficient (Wildman–Crippen LogP) is 2.63. The standard InChI is InChI=1S/C14H18FNO3S2/c1-20-8-6-11(14(18)19)16-13(17)7-9-21-12-5-3-2-4-10(12)15/h2-5,11H,6-9H2,1H3,(H,16,17)(H,18,19)/t11-/m0/s1. The van der Waals surface area contributed by atoms with Crippen molar-refractivity contribution in [3.8, 4) is 0 Å². The number of amides is 1. The third-order valence-electron chi connectivity index (χ3n) is 2.67. The highest BCUT2D eigenvalue weighted by Gasteiger charge is 2.19. The Bertz CT molecular complexity index is 485. The van der Waals surface area contributed by atoms with Gasteiger partial charge in [0.15, 0.2) is 0 Å². The molecule has 2 N–H and O–H groups in total. The molecule has 1 aromatic carbocycles. The summed E-state index contributed by atoms with van der Waals surface area (Å²) in [4.78, 5) is 23.2. The van der Waals surface area contributed by atoms with Crippen LogP contribution in [0.2, 0.25) is 0 Å². The molecule has 0 radical (unpaired) electrons. The van der Waals surface area contributed by atoms with E-state index in [0.717, 1.165) is 0 Å². The minimum atomic E-state index is -1.03. The van der Waals surface area contributed by atoms with Gasteiger partial charge in [-0.3, -0.25) is 4.79 Å². The van der Waals surface area contributed by atoms with Crippen LogP contribution in [0.4, 0.5) is 4.39 Å². The summed E-state index contributed by atoms with van der Waals surface area (Å²) >= 11 is 2.77. The highest BCUT2D eigenvalue weighted by atomic mass is 32.2. The normalized spacial score (nSPS) is 11.9. The van der Waals surface area contributed by atoms with Crippen LogP contribution in [-0.4, -0.2) is 40.8 Å². The Morgan fingerprint density at radius 2 is 2.05 bits per heavy atom. The van der Waals surface area contributed by atoms with Gasteiger partial charge in [-0.25, -0.2) is 9.18 Å². The summed E-state index contributed by atoms with van der Waals surface area (Å²) in [5.74, 6) is -0.596. The van der Waals surface area contributed by atoms with Gasteiger partial charge in [0.25, 0.3) is 0 Å². The number of thioether (sulfide) groups is 2. The number of rotatable bonds is 9. The van der Waals surface area contributed by atoms with Crippen LogP contribution in [0.5, 0.6) is 0 Å². The van der Waals surface area contributed by atoms with Gasteiger partial charge in [-0.05, 0) is 30.6 Å². The van der Waals surface area contributed by atoms with E-state index in [1.807, 2.05) is 6.26 Å². The van der Waals surface area contributed by atoms with Crippen molar-refractivity contribution in [2.75, 3.05) is 17.8 Å². The van der Waals surface area contributed by atoms with E-state index >= 15 is 0 Å². The zero-order valence-corrected chi connectivity index (χ0v) is 13.3. The van der Waals surface area contributed by atoms with Crippen molar-refractivity contribution in [1.29, 1.82) is 0 Å². The van der Waals surface area contributed by atoms with Gasteiger partial charge < -0.3 is 10.4 Å². The summed E-state index contributed by atoms with van der Waals surface area (Å²) in [6, 6.07) is 5.49. The molecule has 0 heterocycles. The largest absolute Gasteiger partial charge is 0.480 e. The molecule has 1 rings (SSSR count). The van der Waals surface area contributed by atoms with E-state index in [1.54, 1.807) is 18.2 Å². The summed E-state index contributed by atoms with van der Waals surface area (Å²) < 4.78 is 13.4. The molecule has 1 amide bonds. The fraction of sp³-hybridized carbons (Fsp3) is 0.429. The minimum absolute atomic E-state index is 0.155. The van der Waals surface area contributed by atoms with E-state index in [4.69, 9.17) is 5.11 Å². The number of carboxylic acids is 1. The number of halogens is 1. The Kier molecular flexibility index (Phi) is 8.22. The fourth-order valence-corrected chi connectivity index (χ4v) is 2.93. The first-order valence-corrected chi connectivity index (χ1v) is 8.81. The zero-order chi connectivity index (χ0) is 15.7. The fourth-order valence-electron chi connectivity index (χ4n) is 1.58. The first-order valence-electron chi connectivity index (χ1n) is 6.43. The smallest absolute Gasteiger partial charge is 0.326 e. The number of hydrogen-bond acceptors (Lipinski definition) is 4. The maximum absolute atomic E-state index is 13.4. The van der Waals surface area contributed by atoms with Gasteiger partial charge in [0.1, 0.15) is 11.9 Å². The molecule has 116 valence electrons. The molecule has 1 aromatic rings. The third kappa shape index (κ3) is 6.86. The van der Waals surface area contributed by atoms with Gasteiger partial charge >= 0.3 is 5.97 Å². The molecule has 4 nitrogen and oxygen atoms in total. The van der Waals surface area contributed by atoms with Crippen LogP contribution >= 0.6 is 23.5 Å². The average Bonchev–Trinajstić information content (AvgIpc) is 2.45. The van der Waals surface area contributed by atoms with Gasteiger partial charge in [0.05, 0.1) is 0 Å². The summed E-state index contributed by atoms with van der Waals surface area (Å²) in [5.41, 5.74) is 0. The van der Waals surface area contributed by atoms with Crippen molar-refractivity contribution in [3.05, 3.63) is 30.1 Å². The van der Waals surface area contributed by atoms with Gasteiger partial charge in [0, 0.05) is 17.1 Å². The number of carboxylic acid groups (broad SMARTS) is 1. The van der Waals surface area contributed by atoms with E-state index in [-0.39, 0.29) is 18.1 Å². The van der Waals surface area contributed by atoms with Crippen LogP contribution < -0.4 is 5.32 Å². The molecule has 21 heavy (non-hydrogen) atoms. The number of carbonyl (C=O) groups excluding carboxylic acids is 1. The topological polar surface area (TPSA) is 66.4 Å². The second kappa shape index (κ2) is 9.68. The van der Waals surface area contributed by atoms with Gasteiger partial charge in [-0.2, -0.15) is 11.8 Å². The van der Waals surface area contributed by atoms with Crippen LogP contribution in [-0.2, 0) is 9.59 Å². The van der Waals surface area contributed by atoms with Crippen molar-refractivity contribution in [2.45, 2.75) is 23.8 Å². The van der Waals surface area contributed by atoms with Crippen molar-refractivity contribution in [3.63, 3.8) is 0 Å². The maximum atomic E-state index is 13.4. The number of carbonyl (C=O) groups is 2. The number of aliphatic carboxylic acids is 1. The quantitative estimate of drug-likeness (QED) is 0.681. The molecule has 0 aromatic heterocycles. The highest BCUT2D eigenvalue weighted by molar-refractivity contribution is 7.99. The van der Waals surface area contributed by atoms with Crippen molar-refractivity contribution in [2.24, 2.45) is 0 Å². The molecule has 0 saturated heterocycles. The third-order valence-corrected chi connectivity index (χ3v) is 4.36. The first-order chi connectivity index (χ1) is 10.0. The Morgan fingerprint density at radius 3 is 2.67 bits per heavy atom. The predicted molar refractivity (Wildman–Crippen MR) is 84.3 cm³/mol. The SMILES string of the molecule is CSCC[C@H](NC(=O)CCSc1ccccc1F)C(=O)O. The van der Waals surface area contributed by atoms with Crippen LogP contribution in [0.25, 0.3) is 0 Å². The van der Waals surface area contributed by atoms with Crippen LogP contribution in [0.3, 0.4) is 0 Å². The Morgan fingerprint density at radius 1 is 1.33 bits per heavy atom. The second-order valence-electron chi connectivity index (χ2n) is 4.27. The summed E-state index contributed by atoms with van der Waals surface area (Å²) in [6.07, 6.45) is 2.43. The van der Waals surface area contributed by atoms with Crippen molar-refractivity contribution < 1.29 is 19.1 Å². The number of nitrogens with one attached hydrogen (secondary N) is 1. The van der Waals surface area contributed by atoms with Crippen LogP contribution in [0, 0.1) is 5.82 Å². The summed E-state index contributed by atoms with van der Waals surface area (Å²) in [7, 11) is 0. The molecular formula is C14H18FNO3S2. The van der Waals surface area contributed by atoms with Gasteiger partial charge in [-0.1, -0.05) is 12.1 Å². The van der Waals surface area contributed by atoms with E-state index in [1.165, 1.54) is 29.6 Å². The van der Waals surface area contributed by atoms with E-state index in [0.29, 0.717) is 22.8 Å². The van der Waals surface area contributed by atoms with Crippen LogP contribution in [0.1, 0.15) is 12.8 Å². The number of benzene rings is 1. The summed E-state index contributed by atoms with van der Waals surface area (Å²) in [6.45, 7) is 0. The van der Waals surface area contributed by atoms with Crippen LogP contribution in [0.15, 0.2) is 29.2 Å². The zero-order valence-electron chi connectivity index (χ0n) is 11.7. The Hall–Kier alpha value is -1.21. The molecule has 0 aliphatic carbocycles. The van der Waals surface area contributed by atoms with Gasteiger partial charge in [-0.15, -0.1) is 11.8 Å². The highest BCUT2D eigenvalue weighted by Crippen LogP contribution is 2.21. The molecule has 0 spiro atoms. The Labute approximate surface area is 131 Å². The molecule has 0 unspecified atom stereocenters.